The molecule has 2 amide bonds. The normalized spacial score (nSPS) is 19.2. The molecule has 0 saturated carbocycles. The molecule has 31 heavy (non-hydrogen) atoms. The van der Waals surface area contributed by atoms with Gasteiger partial charge >= 0.3 is 17.9 Å². The number of fused-ring (bicyclic) bond motifs is 1. The third kappa shape index (κ3) is 3.39. The van der Waals surface area contributed by atoms with Crippen molar-refractivity contribution in [1.82, 2.24) is 9.55 Å². The zero-order valence-corrected chi connectivity index (χ0v) is 16.3. The largest absolute Gasteiger partial charge is 0.489 e. The number of halogens is 1. The number of imidazole rings is 1. The number of aromatic nitrogens is 2. The molecule has 11 heteroatoms. The summed E-state index contributed by atoms with van der Waals surface area (Å²) in [5.74, 6) is -0.0487. The highest BCUT2D eigenvalue weighted by Gasteiger charge is 2.45. The molecule has 158 valence electrons. The van der Waals surface area contributed by atoms with Crippen molar-refractivity contribution in [2.24, 2.45) is 0 Å². The van der Waals surface area contributed by atoms with E-state index in [2.05, 4.69) is 4.98 Å². The standard InChI is InChI=1S/C20H16FN5O5/c1-20(11-23-10-17(26(28)29)22-18(23)31-20)12-30-16-8-6-15(7-9-16)25-19(27)24(25)14-4-2-13(21)3-5-14/h2-10H,11-12H2,1H3/t20-,24?,25?/m1/s1. The lowest BCUT2D eigenvalue weighted by Crippen LogP contribution is -2.38. The summed E-state index contributed by atoms with van der Waals surface area (Å²) >= 11 is 0. The van der Waals surface area contributed by atoms with Crippen LogP contribution in [0.4, 0.5) is 26.4 Å². The molecule has 5 rings (SSSR count). The fraction of sp³-hybridized carbons (Fsp3) is 0.200. The lowest BCUT2D eigenvalue weighted by atomic mass is 10.1. The topological polar surface area (TPSA) is 103 Å². The van der Waals surface area contributed by atoms with Gasteiger partial charge < -0.3 is 19.6 Å². The molecule has 0 bridgehead atoms. The second kappa shape index (κ2) is 6.69. The van der Waals surface area contributed by atoms with Crippen LogP contribution in [0.2, 0.25) is 0 Å². The lowest BCUT2D eigenvalue weighted by molar-refractivity contribution is -0.389. The number of hydrogen-bond acceptors (Lipinski definition) is 6. The highest BCUT2D eigenvalue weighted by Crippen LogP contribution is 2.36. The van der Waals surface area contributed by atoms with Crippen LogP contribution >= 0.6 is 0 Å². The van der Waals surface area contributed by atoms with Crippen LogP contribution in [0.15, 0.2) is 54.7 Å². The number of anilines is 2. The quantitative estimate of drug-likeness (QED) is 0.340. The fourth-order valence-corrected chi connectivity index (χ4v) is 3.44. The summed E-state index contributed by atoms with van der Waals surface area (Å²) in [6.45, 7) is 2.40. The Morgan fingerprint density at radius 2 is 1.77 bits per heavy atom. The summed E-state index contributed by atoms with van der Waals surface area (Å²) < 4.78 is 26.2. The molecule has 0 unspecified atom stereocenters. The minimum Gasteiger partial charge on any atom is -0.489 e. The Balaban J connectivity index is 1.20. The molecule has 2 aromatic carbocycles. The highest BCUT2D eigenvalue weighted by atomic mass is 19.1. The Bertz CT molecular complexity index is 1150. The third-order valence-electron chi connectivity index (χ3n) is 4.98. The number of nitrogens with zero attached hydrogens (tertiary/aromatic N) is 5. The first-order chi connectivity index (χ1) is 14.8. The Labute approximate surface area is 175 Å². The molecule has 1 aromatic heterocycles. The predicted octanol–water partition coefficient (Wildman–Crippen LogP) is 3.52. The first-order valence-electron chi connectivity index (χ1n) is 9.36. The van der Waals surface area contributed by atoms with Gasteiger partial charge in [0.15, 0.2) is 5.60 Å². The molecule has 0 radical (unpaired) electrons. The van der Waals surface area contributed by atoms with Crippen molar-refractivity contribution >= 4 is 23.2 Å². The second-order valence-corrected chi connectivity index (χ2v) is 7.48. The predicted molar refractivity (Wildman–Crippen MR) is 107 cm³/mol. The van der Waals surface area contributed by atoms with Crippen molar-refractivity contribution in [2.45, 2.75) is 19.1 Å². The van der Waals surface area contributed by atoms with Crippen molar-refractivity contribution in [3.05, 3.63) is 70.7 Å². The second-order valence-electron chi connectivity index (χ2n) is 7.48. The first-order valence-corrected chi connectivity index (χ1v) is 9.36. The van der Waals surface area contributed by atoms with Crippen molar-refractivity contribution in [1.29, 1.82) is 0 Å². The van der Waals surface area contributed by atoms with Gasteiger partial charge in [-0.25, -0.2) is 9.18 Å². The molecule has 0 spiro atoms. The summed E-state index contributed by atoms with van der Waals surface area (Å²) in [7, 11) is 0. The summed E-state index contributed by atoms with van der Waals surface area (Å²) in [4.78, 5) is 26.2. The van der Waals surface area contributed by atoms with E-state index in [1.807, 2.05) is 6.92 Å². The molecule has 0 aliphatic carbocycles. The molecule has 1 atom stereocenters. The van der Waals surface area contributed by atoms with Gasteiger partial charge in [-0.1, -0.05) is 0 Å². The number of amides is 2. The Morgan fingerprint density at radius 1 is 1.16 bits per heavy atom. The van der Waals surface area contributed by atoms with Crippen LogP contribution < -0.4 is 19.5 Å². The fourth-order valence-electron chi connectivity index (χ4n) is 3.44. The van der Waals surface area contributed by atoms with Crippen LogP contribution in [0, 0.1) is 15.9 Å². The number of urea groups is 1. The van der Waals surface area contributed by atoms with E-state index in [1.165, 1.54) is 40.5 Å². The average molecular weight is 425 g/mol. The maximum Gasteiger partial charge on any atom is 0.415 e. The van der Waals surface area contributed by atoms with Crippen molar-refractivity contribution in [3.8, 4) is 11.8 Å². The molecule has 3 heterocycles. The van der Waals surface area contributed by atoms with Crippen molar-refractivity contribution < 1.29 is 23.6 Å². The minimum absolute atomic E-state index is 0.189. The number of carbonyl (C=O) groups is 1. The van der Waals surface area contributed by atoms with Crippen LogP contribution in [0.5, 0.6) is 11.8 Å². The molecule has 1 saturated heterocycles. The smallest absolute Gasteiger partial charge is 0.415 e. The van der Waals surface area contributed by atoms with Gasteiger partial charge in [0, 0.05) is 4.98 Å². The summed E-state index contributed by atoms with van der Waals surface area (Å²) in [6.07, 6.45) is 1.34. The van der Waals surface area contributed by atoms with Gasteiger partial charge in [0.25, 0.3) is 0 Å². The van der Waals surface area contributed by atoms with Gasteiger partial charge in [0.05, 0.1) is 17.9 Å². The number of nitro groups is 1. The maximum absolute atomic E-state index is 13.1. The molecule has 1 fully saturated rings. The summed E-state index contributed by atoms with van der Waals surface area (Å²) in [5.41, 5.74) is 0.513. The van der Waals surface area contributed by atoms with Crippen LogP contribution in [0.1, 0.15) is 6.92 Å². The zero-order chi connectivity index (χ0) is 21.8. The summed E-state index contributed by atoms with van der Waals surface area (Å²) in [5, 5.41) is 13.7. The maximum atomic E-state index is 13.1. The van der Waals surface area contributed by atoms with E-state index < -0.39 is 10.5 Å². The van der Waals surface area contributed by atoms with Crippen LogP contribution in [0.3, 0.4) is 0 Å². The molecule has 10 nitrogen and oxygen atoms in total. The van der Waals surface area contributed by atoms with Crippen LogP contribution in [0.25, 0.3) is 0 Å². The molecule has 2 aliphatic heterocycles. The van der Waals surface area contributed by atoms with Crippen molar-refractivity contribution in [2.75, 3.05) is 16.6 Å². The van der Waals surface area contributed by atoms with Crippen LogP contribution in [-0.2, 0) is 6.54 Å². The van der Waals surface area contributed by atoms with Gasteiger partial charge in [-0.05, 0) is 60.4 Å². The Morgan fingerprint density at radius 3 is 2.35 bits per heavy atom. The molecule has 2 aliphatic rings. The van der Waals surface area contributed by atoms with Gasteiger partial charge in [-0.15, -0.1) is 0 Å². The number of benzene rings is 2. The van der Waals surface area contributed by atoms with E-state index in [9.17, 15) is 19.3 Å². The molecule has 3 aromatic rings. The van der Waals surface area contributed by atoms with E-state index in [4.69, 9.17) is 9.47 Å². The molecule has 0 N–H and O–H groups in total. The van der Waals surface area contributed by atoms with E-state index in [0.717, 1.165) is 0 Å². The molecular weight excluding hydrogens is 409 g/mol. The number of rotatable bonds is 6. The zero-order valence-electron chi connectivity index (χ0n) is 16.3. The van der Waals surface area contributed by atoms with E-state index >= 15 is 0 Å². The van der Waals surface area contributed by atoms with Gasteiger partial charge in [0.1, 0.15) is 24.4 Å². The van der Waals surface area contributed by atoms with Gasteiger partial charge in [-0.3, -0.25) is 4.57 Å². The minimum atomic E-state index is -0.717. The monoisotopic (exact) mass is 425 g/mol. The van der Waals surface area contributed by atoms with E-state index in [0.29, 0.717) is 23.7 Å². The third-order valence-corrected chi connectivity index (χ3v) is 4.98. The highest BCUT2D eigenvalue weighted by molar-refractivity contribution is 6.22. The Kier molecular flexibility index (Phi) is 4.07. The number of ether oxygens (including phenoxy) is 2. The SMILES string of the molecule is C[C@]1(COc2ccc(N3C(=O)N3c3ccc(F)cc3)cc2)Cn2cc([N+](=O)[O-])nc2O1. The van der Waals surface area contributed by atoms with Crippen molar-refractivity contribution in [3.63, 3.8) is 0 Å². The lowest BCUT2D eigenvalue weighted by Gasteiger charge is -2.22. The average Bonchev–Trinajstić information content (AvgIpc) is 3.08. The number of carbonyl (C=O) groups excluding carboxylic acids is 1. The Hall–Kier alpha value is -4.15. The van der Waals surface area contributed by atoms with E-state index in [1.54, 1.807) is 28.8 Å². The first kappa shape index (κ1) is 18.9. The van der Waals surface area contributed by atoms with Gasteiger partial charge in [-0.2, -0.15) is 10.0 Å². The summed E-state index contributed by atoms with van der Waals surface area (Å²) in [6, 6.07) is 12.6. The van der Waals surface area contributed by atoms with Gasteiger partial charge in [0.2, 0.25) is 0 Å². The number of hydrazine groups is 1. The number of hydrogen-bond donors (Lipinski definition) is 0. The van der Waals surface area contributed by atoms with E-state index in [-0.39, 0.29) is 30.3 Å². The molecular formula is C20H16FN5O5. The van der Waals surface area contributed by atoms with Crippen LogP contribution in [-0.4, -0.2) is 32.7 Å².